The lowest BCUT2D eigenvalue weighted by Gasteiger charge is -2.31. The second kappa shape index (κ2) is 4.30. The van der Waals surface area contributed by atoms with Gasteiger partial charge in [0.15, 0.2) is 0 Å². The van der Waals surface area contributed by atoms with E-state index in [1.165, 1.54) is 0 Å². The Morgan fingerprint density at radius 2 is 1.71 bits per heavy atom. The molecule has 2 heterocycles. The molecule has 2 atom stereocenters. The molecule has 0 aliphatic carbocycles. The summed E-state index contributed by atoms with van der Waals surface area (Å²) in [6.45, 7) is 0. The lowest BCUT2D eigenvalue weighted by Crippen LogP contribution is -2.36. The number of hydrogen-bond donors (Lipinski definition) is 1. The van der Waals surface area contributed by atoms with Gasteiger partial charge in [0, 0.05) is 5.69 Å². The summed E-state index contributed by atoms with van der Waals surface area (Å²) in [5.41, 5.74) is 2.72. The van der Waals surface area contributed by atoms with Crippen LogP contribution in [-0.2, 0) is 15.6 Å². The summed E-state index contributed by atoms with van der Waals surface area (Å²) in [5.74, 6) is -1.03. The number of benzene rings is 2. The van der Waals surface area contributed by atoms with Gasteiger partial charge in [-0.25, -0.2) is 4.79 Å². The molecule has 2 aromatic rings. The molecule has 0 spiro atoms. The minimum absolute atomic E-state index is 0.170. The van der Waals surface area contributed by atoms with Crippen molar-refractivity contribution in [2.75, 3.05) is 4.90 Å². The first kappa shape index (κ1) is 12.3. The summed E-state index contributed by atoms with van der Waals surface area (Å²) in [6, 6.07) is 15.0. The van der Waals surface area contributed by atoms with Gasteiger partial charge in [-0.1, -0.05) is 30.3 Å². The molecule has 1 N–H and O–H groups in total. The zero-order valence-electron chi connectivity index (χ0n) is 10.9. The van der Waals surface area contributed by atoms with Crippen LogP contribution in [-0.4, -0.2) is 20.7 Å². The maximum absolute atomic E-state index is 12.7. The molecule has 104 valence electrons. The highest BCUT2D eigenvalue weighted by molar-refractivity contribution is 7.86. The van der Waals surface area contributed by atoms with Crippen LogP contribution in [0.1, 0.15) is 5.56 Å². The van der Waals surface area contributed by atoms with Crippen LogP contribution in [0.3, 0.4) is 0 Å². The second-order valence-corrected chi connectivity index (χ2v) is 6.43. The van der Waals surface area contributed by atoms with E-state index >= 15 is 0 Å². The molecule has 0 fully saturated rings. The number of aliphatic carboxylic acids is 1. The number of carboxylic acid groups (broad SMARTS) is 1. The van der Waals surface area contributed by atoms with Crippen LogP contribution in [0.4, 0.5) is 11.4 Å². The summed E-state index contributed by atoms with van der Waals surface area (Å²) >= 11 is 0. The van der Waals surface area contributed by atoms with Crippen molar-refractivity contribution in [1.29, 1.82) is 0 Å². The van der Waals surface area contributed by atoms with Gasteiger partial charge in [-0.15, -0.1) is 0 Å². The van der Waals surface area contributed by atoms with Gasteiger partial charge < -0.3 is 10.0 Å². The van der Waals surface area contributed by atoms with Crippen molar-refractivity contribution in [3.05, 3.63) is 59.7 Å². The molecule has 2 aliphatic heterocycles. The molecular weight excluding hydrogens is 286 g/mol. The number of carboxylic acids is 1. The average Bonchev–Trinajstić information content (AvgIpc) is 2.81. The third kappa shape index (κ3) is 1.61. The van der Waals surface area contributed by atoms with Gasteiger partial charge in [0.05, 0.1) is 27.0 Å². The minimum Gasteiger partial charge on any atom is -0.478 e. The maximum Gasteiger partial charge on any atom is 0.334 e. The monoisotopic (exact) mass is 297 g/mol. The van der Waals surface area contributed by atoms with Crippen LogP contribution in [0.15, 0.2) is 59.0 Å². The van der Waals surface area contributed by atoms with Crippen LogP contribution < -0.4 is 4.90 Å². The van der Waals surface area contributed by atoms with Crippen molar-refractivity contribution in [1.82, 2.24) is 0 Å². The highest BCUT2D eigenvalue weighted by atomic mass is 32.2. The Morgan fingerprint density at radius 1 is 1.05 bits per heavy atom. The third-order valence-electron chi connectivity index (χ3n) is 3.80. The number of anilines is 2. The molecule has 4 nitrogen and oxygen atoms in total. The Labute approximate surface area is 123 Å². The molecule has 21 heavy (non-hydrogen) atoms. The SMILES string of the molecule is O=C(O)C1=Cc2ccccc2N2c3ccccc3S(=O)C12. The molecular formula is C16H11NO3S. The van der Waals surface area contributed by atoms with Gasteiger partial charge in [-0.05, 0) is 29.8 Å². The lowest BCUT2D eigenvalue weighted by atomic mass is 10.0. The van der Waals surface area contributed by atoms with Gasteiger partial charge in [0.2, 0.25) is 0 Å². The van der Waals surface area contributed by atoms with E-state index in [1.807, 2.05) is 47.4 Å². The molecule has 4 rings (SSSR count). The number of fused-ring (bicyclic) bond motifs is 5. The summed E-state index contributed by atoms with van der Waals surface area (Å²) in [4.78, 5) is 14.1. The number of nitrogens with zero attached hydrogens (tertiary/aromatic N) is 1. The number of carbonyl (C=O) groups is 1. The summed E-state index contributed by atoms with van der Waals surface area (Å²) in [5, 5.41) is 8.82. The van der Waals surface area contributed by atoms with Crippen LogP contribution in [0.25, 0.3) is 6.08 Å². The van der Waals surface area contributed by atoms with Crippen LogP contribution in [0, 0.1) is 0 Å². The quantitative estimate of drug-likeness (QED) is 0.879. The summed E-state index contributed by atoms with van der Waals surface area (Å²) < 4.78 is 12.7. The van der Waals surface area contributed by atoms with Gasteiger partial charge in [0.1, 0.15) is 5.37 Å². The largest absolute Gasteiger partial charge is 0.478 e. The molecule has 2 aromatic carbocycles. The molecule has 2 aliphatic rings. The van der Waals surface area contributed by atoms with Crippen molar-refractivity contribution >= 4 is 34.2 Å². The predicted octanol–water partition coefficient (Wildman–Crippen LogP) is 2.75. The Hall–Kier alpha value is -2.40. The zero-order chi connectivity index (χ0) is 14.6. The second-order valence-electron chi connectivity index (χ2n) is 4.95. The van der Waals surface area contributed by atoms with E-state index in [9.17, 15) is 14.1 Å². The predicted molar refractivity (Wildman–Crippen MR) is 80.8 cm³/mol. The van der Waals surface area contributed by atoms with E-state index in [4.69, 9.17) is 0 Å². The van der Waals surface area contributed by atoms with E-state index < -0.39 is 22.1 Å². The van der Waals surface area contributed by atoms with Crippen molar-refractivity contribution < 1.29 is 14.1 Å². The topological polar surface area (TPSA) is 57.6 Å². The fourth-order valence-electron chi connectivity index (χ4n) is 2.91. The van der Waals surface area contributed by atoms with E-state index in [0.29, 0.717) is 4.90 Å². The number of para-hydroxylation sites is 2. The normalized spacial score (nSPS) is 22.1. The maximum atomic E-state index is 12.7. The Morgan fingerprint density at radius 3 is 2.48 bits per heavy atom. The van der Waals surface area contributed by atoms with Gasteiger partial charge in [0.25, 0.3) is 0 Å². The van der Waals surface area contributed by atoms with Crippen molar-refractivity contribution in [3.63, 3.8) is 0 Å². The number of rotatable bonds is 1. The van der Waals surface area contributed by atoms with Gasteiger partial charge in [-0.3, -0.25) is 4.21 Å². The first-order valence-corrected chi connectivity index (χ1v) is 7.72. The smallest absolute Gasteiger partial charge is 0.334 e. The average molecular weight is 297 g/mol. The van der Waals surface area contributed by atoms with Gasteiger partial charge >= 0.3 is 5.97 Å². The molecule has 2 unspecified atom stereocenters. The Balaban J connectivity index is 2.04. The van der Waals surface area contributed by atoms with Crippen molar-refractivity contribution in [3.8, 4) is 0 Å². The summed E-state index contributed by atoms with van der Waals surface area (Å²) in [7, 11) is -1.40. The summed E-state index contributed by atoms with van der Waals surface area (Å²) in [6.07, 6.45) is 1.63. The molecule has 0 amide bonds. The Bertz CT molecular complexity index is 828. The zero-order valence-corrected chi connectivity index (χ0v) is 11.7. The minimum atomic E-state index is -1.40. The fraction of sp³-hybridized carbons (Fsp3) is 0.0625. The standard InChI is InChI=1S/C16H11NO3S/c18-16(19)11-9-10-5-1-2-6-12(10)17-13-7-3-4-8-14(13)21(20)15(11)17/h1-9,15H,(H,18,19). The fourth-order valence-corrected chi connectivity index (χ4v) is 4.56. The van der Waals surface area contributed by atoms with E-state index in [-0.39, 0.29) is 5.57 Å². The van der Waals surface area contributed by atoms with E-state index in [0.717, 1.165) is 16.9 Å². The van der Waals surface area contributed by atoms with E-state index in [2.05, 4.69) is 0 Å². The van der Waals surface area contributed by atoms with E-state index in [1.54, 1.807) is 12.1 Å². The third-order valence-corrected chi connectivity index (χ3v) is 5.45. The van der Waals surface area contributed by atoms with Crippen LogP contribution in [0.5, 0.6) is 0 Å². The molecule has 0 bridgehead atoms. The Kier molecular flexibility index (Phi) is 2.53. The first-order chi connectivity index (χ1) is 10.2. The number of hydrogen-bond acceptors (Lipinski definition) is 3. The highest BCUT2D eigenvalue weighted by Gasteiger charge is 2.44. The first-order valence-electron chi connectivity index (χ1n) is 6.51. The van der Waals surface area contributed by atoms with Crippen molar-refractivity contribution in [2.24, 2.45) is 0 Å². The van der Waals surface area contributed by atoms with Crippen LogP contribution >= 0.6 is 0 Å². The van der Waals surface area contributed by atoms with Crippen molar-refractivity contribution in [2.45, 2.75) is 10.3 Å². The molecule has 0 aromatic heterocycles. The molecule has 0 saturated heterocycles. The molecule has 0 radical (unpaired) electrons. The van der Waals surface area contributed by atoms with Gasteiger partial charge in [-0.2, -0.15) is 0 Å². The highest BCUT2D eigenvalue weighted by Crippen LogP contribution is 2.47. The molecule has 0 saturated carbocycles. The lowest BCUT2D eigenvalue weighted by molar-refractivity contribution is -0.132. The van der Waals surface area contributed by atoms with Crippen LogP contribution in [0.2, 0.25) is 0 Å². The molecule has 5 heteroatoms.